The topological polar surface area (TPSA) is 66.5 Å². The molecule has 140 valence electrons. The van der Waals surface area contributed by atoms with Gasteiger partial charge in [-0.1, -0.05) is 48.0 Å². The van der Waals surface area contributed by atoms with Gasteiger partial charge in [0.1, 0.15) is 6.54 Å². The number of sulfonamides is 1. The summed E-state index contributed by atoms with van der Waals surface area (Å²) in [6.07, 6.45) is 9.00. The zero-order chi connectivity index (χ0) is 18.4. The summed E-state index contributed by atoms with van der Waals surface area (Å²) in [4.78, 5) is 12.5. The third kappa shape index (κ3) is 6.29. The number of hydrogen-bond donors (Lipinski definition) is 1. The fourth-order valence-corrected chi connectivity index (χ4v) is 4.28. The van der Waals surface area contributed by atoms with Crippen LogP contribution in [0.15, 0.2) is 22.7 Å². The van der Waals surface area contributed by atoms with Crippen molar-refractivity contribution in [3.8, 4) is 0 Å². The number of nitrogens with zero attached hydrogens (tertiary/aromatic N) is 1. The Morgan fingerprint density at radius 2 is 1.80 bits per heavy atom. The van der Waals surface area contributed by atoms with E-state index in [9.17, 15) is 13.2 Å². The van der Waals surface area contributed by atoms with Crippen LogP contribution in [-0.2, 0) is 14.8 Å². The molecule has 7 heteroatoms. The van der Waals surface area contributed by atoms with Gasteiger partial charge in [0.25, 0.3) is 0 Å². The number of benzene rings is 1. The van der Waals surface area contributed by atoms with Crippen LogP contribution in [0, 0.1) is 6.92 Å². The molecule has 2 rings (SSSR count). The molecular formula is C18H27BrN2O3S. The zero-order valence-electron chi connectivity index (χ0n) is 14.9. The monoisotopic (exact) mass is 430 g/mol. The molecule has 1 fully saturated rings. The minimum Gasteiger partial charge on any atom is -0.352 e. The van der Waals surface area contributed by atoms with Gasteiger partial charge < -0.3 is 5.32 Å². The van der Waals surface area contributed by atoms with Gasteiger partial charge in [0.2, 0.25) is 15.9 Å². The highest BCUT2D eigenvalue weighted by Gasteiger charge is 2.23. The molecule has 0 saturated heterocycles. The first-order chi connectivity index (χ1) is 11.8. The van der Waals surface area contributed by atoms with Gasteiger partial charge in [-0.25, -0.2) is 8.42 Å². The van der Waals surface area contributed by atoms with Gasteiger partial charge in [-0.05, 0) is 43.5 Å². The summed E-state index contributed by atoms with van der Waals surface area (Å²) in [7, 11) is -3.54. The SMILES string of the molecule is Cc1cc(N(CC(=O)NC2CCCCCCC2)S(C)(=O)=O)ccc1Br. The van der Waals surface area contributed by atoms with Gasteiger partial charge in [-0.3, -0.25) is 9.10 Å². The second-order valence-corrected chi connectivity index (χ2v) is 9.57. The molecule has 0 heterocycles. The van der Waals surface area contributed by atoms with Crippen molar-refractivity contribution in [2.45, 2.75) is 57.9 Å². The minimum absolute atomic E-state index is 0.154. The van der Waals surface area contributed by atoms with E-state index in [1.165, 1.54) is 23.6 Å². The number of halogens is 1. The number of aryl methyl sites for hydroxylation is 1. The van der Waals surface area contributed by atoms with Gasteiger partial charge in [-0.15, -0.1) is 0 Å². The molecule has 1 aliphatic rings. The van der Waals surface area contributed by atoms with Crippen LogP contribution in [-0.4, -0.2) is 33.2 Å². The standard InChI is InChI=1S/C18H27BrN2O3S/c1-14-12-16(10-11-17(14)19)21(25(2,23)24)13-18(22)20-15-8-6-4-3-5-7-9-15/h10-12,15H,3-9,13H2,1-2H3,(H,20,22). The van der Waals surface area contributed by atoms with E-state index in [0.29, 0.717) is 5.69 Å². The van der Waals surface area contributed by atoms with Crippen molar-refractivity contribution >= 4 is 37.5 Å². The number of nitrogens with one attached hydrogen (secondary N) is 1. The normalized spacial score (nSPS) is 16.8. The average Bonchev–Trinajstić information content (AvgIpc) is 2.49. The zero-order valence-corrected chi connectivity index (χ0v) is 17.3. The Balaban J connectivity index is 2.08. The van der Waals surface area contributed by atoms with Gasteiger partial charge >= 0.3 is 0 Å². The van der Waals surface area contributed by atoms with E-state index in [1.807, 2.05) is 6.92 Å². The predicted octanol–water partition coefficient (Wildman–Crippen LogP) is 3.75. The van der Waals surface area contributed by atoms with Crippen LogP contribution in [0.1, 0.15) is 50.5 Å². The molecule has 1 aromatic carbocycles. The Morgan fingerprint density at radius 1 is 1.20 bits per heavy atom. The summed E-state index contributed by atoms with van der Waals surface area (Å²) in [6.45, 7) is 1.71. The van der Waals surface area contributed by atoms with E-state index in [4.69, 9.17) is 0 Å². The lowest BCUT2D eigenvalue weighted by Gasteiger charge is -2.25. The molecule has 0 radical (unpaired) electrons. The lowest BCUT2D eigenvalue weighted by Crippen LogP contribution is -2.44. The van der Waals surface area contributed by atoms with Crippen molar-refractivity contribution in [3.63, 3.8) is 0 Å². The van der Waals surface area contributed by atoms with E-state index in [2.05, 4.69) is 21.2 Å². The van der Waals surface area contributed by atoms with Gasteiger partial charge in [0, 0.05) is 10.5 Å². The van der Waals surface area contributed by atoms with Crippen LogP contribution in [0.3, 0.4) is 0 Å². The minimum atomic E-state index is -3.54. The second-order valence-electron chi connectivity index (χ2n) is 6.81. The highest BCUT2D eigenvalue weighted by molar-refractivity contribution is 9.10. The van der Waals surface area contributed by atoms with Crippen molar-refractivity contribution in [2.75, 3.05) is 17.1 Å². The summed E-state index contributed by atoms with van der Waals surface area (Å²) >= 11 is 3.41. The highest BCUT2D eigenvalue weighted by Crippen LogP contribution is 2.24. The van der Waals surface area contributed by atoms with E-state index < -0.39 is 10.0 Å². The predicted molar refractivity (Wildman–Crippen MR) is 105 cm³/mol. The van der Waals surface area contributed by atoms with Crippen LogP contribution in [0.5, 0.6) is 0 Å². The molecule has 0 unspecified atom stereocenters. The fraction of sp³-hybridized carbons (Fsp3) is 0.611. The van der Waals surface area contributed by atoms with Crippen LogP contribution >= 0.6 is 15.9 Å². The number of rotatable bonds is 5. The average molecular weight is 431 g/mol. The number of hydrogen-bond acceptors (Lipinski definition) is 3. The van der Waals surface area contributed by atoms with E-state index in [-0.39, 0.29) is 18.5 Å². The molecular weight excluding hydrogens is 404 g/mol. The van der Waals surface area contributed by atoms with Crippen molar-refractivity contribution in [1.82, 2.24) is 5.32 Å². The van der Waals surface area contributed by atoms with Gasteiger partial charge in [0.15, 0.2) is 0 Å². The first kappa shape index (κ1) is 20.2. The molecule has 0 spiro atoms. The van der Waals surface area contributed by atoms with Crippen molar-refractivity contribution < 1.29 is 13.2 Å². The molecule has 5 nitrogen and oxygen atoms in total. The van der Waals surface area contributed by atoms with E-state index in [1.54, 1.807) is 18.2 Å². The molecule has 0 bridgehead atoms. The highest BCUT2D eigenvalue weighted by atomic mass is 79.9. The Morgan fingerprint density at radius 3 is 2.36 bits per heavy atom. The summed E-state index contributed by atoms with van der Waals surface area (Å²) in [5, 5.41) is 3.03. The summed E-state index contributed by atoms with van der Waals surface area (Å²) < 4.78 is 26.5. The molecule has 1 saturated carbocycles. The van der Waals surface area contributed by atoms with Crippen LogP contribution in [0.2, 0.25) is 0 Å². The molecule has 0 atom stereocenters. The maximum absolute atomic E-state index is 12.5. The van der Waals surface area contributed by atoms with Gasteiger partial charge in [-0.2, -0.15) is 0 Å². The lowest BCUT2D eigenvalue weighted by molar-refractivity contribution is -0.120. The maximum atomic E-state index is 12.5. The van der Waals surface area contributed by atoms with Crippen molar-refractivity contribution in [1.29, 1.82) is 0 Å². The number of amides is 1. The largest absolute Gasteiger partial charge is 0.352 e. The smallest absolute Gasteiger partial charge is 0.240 e. The maximum Gasteiger partial charge on any atom is 0.240 e. The second kappa shape index (κ2) is 9.03. The van der Waals surface area contributed by atoms with Crippen LogP contribution < -0.4 is 9.62 Å². The molecule has 0 aromatic heterocycles. The fourth-order valence-electron chi connectivity index (χ4n) is 3.19. The first-order valence-corrected chi connectivity index (χ1v) is 11.4. The third-order valence-electron chi connectivity index (χ3n) is 4.59. The summed E-state index contributed by atoms with van der Waals surface area (Å²) in [6, 6.07) is 5.44. The number of carbonyl (C=O) groups excluding carboxylic acids is 1. The molecule has 1 amide bonds. The van der Waals surface area contributed by atoms with Crippen molar-refractivity contribution in [3.05, 3.63) is 28.2 Å². The molecule has 0 aliphatic heterocycles. The quantitative estimate of drug-likeness (QED) is 0.772. The first-order valence-electron chi connectivity index (χ1n) is 8.80. The summed E-state index contributed by atoms with van der Waals surface area (Å²) in [5.74, 6) is -0.239. The Kier molecular flexibility index (Phi) is 7.31. The Hall–Kier alpha value is -1.08. The van der Waals surface area contributed by atoms with Gasteiger partial charge in [0.05, 0.1) is 11.9 Å². The van der Waals surface area contributed by atoms with E-state index >= 15 is 0 Å². The number of carbonyl (C=O) groups is 1. The third-order valence-corrected chi connectivity index (χ3v) is 6.62. The lowest BCUT2D eigenvalue weighted by atomic mass is 9.97. The van der Waals surface area contributed by atoms with E-state index in [0.717, 1.165) is 42.0 Å². The van der Waals surface area contributed by atoms with Crippen LogP contribution in [0.25, 0.3) is 0 Å². The molecule has 1 N–H and O–H groups in total. The number of anilines is 1. The summed E-state index contributed by atoms with van der Waals surface area (Å²) in [5.41, 5.74) is 1.43. The molecule has 25 heavy (non-hydrogen) atoms. The molecule has 1 aliphatic carbocycles. The molecule has 1 aromatic rings. The Labute approximate surface area is 159 Å². The Bertz CT molecular complexity index is 698. The van der Waals surface area contributed by atoms with Crippen molar-refractivity contribution in [2.24, 2.45) is 0 Å². The van der Waals surface area contributed by atoms with Crippen LogP contribution in [0.4, 0.5) is 5.69 Å².